The molecule has 9 heteroatoms. The van der Waals surface area contributed by atoms with Crippen LogP contribution >= 0.6 is 11.3 Å². The summed E-state index contributed by atoms with van der Waals surface area (Å²) in [5, 5.41) is 26.0. The second-order valence-electron chi connectivity index (χ2n) is 8.66. The molecule has 8 nitrogen and oxygen atoms in total. The van der Waals surface area contributed by atoms with Crippen LogP contribution in [0.25, 0.3) is 0 Å². The van der Waals surface area contributed by atoms with Gasteiger partial charge in [-0.05, 0) is 31.4 Å². The van der Waals surface area contributed by atoms with Gasteiger partial charge in [0.25, 0.3) is 11.8 Å². The van der Waals surface area contributed by atoms with E-state index in [0.717, 1.165) is 35.4 Å². The quantitative estimate of drug-likeness (QED) is 0.388. The fraction of sp³-hybridized carbons (Fsp3) is 0.370. The summed E-state index contributed by atoms with van der Waals surface area (Å²) in [6, 6.07) is 17.2. The summed E-state index contributed by atoms with van der Waals surface area (Å²) < 4.78 is 5.67. The number of hydrogen-bond acceptors (Lipinski definition) is 7. The first-order valence-electron chi connectivity index (χ1n) is 12.1. The number of benzene rings is 2. The van der Waals surface area contributed by atoms with Gasteiger partial charge in [0.1, 0.15) is 10.8 Å². The molecule has 1 fully saturated rings. The number of nitrogens with one attached hydrogen (secondary N) is 1. The lowest BCUT2D eigenvalue weighted by molar-refractivity contribution is -0.153. The predicted molar refractivity (Wildman–Crippen MR) is 137 cm³/mol. The highest BCUT2D eigenvalue weighted by Gasteiger charge is 2.38. The molecule has 0 spiro atoms. The van der Waals surface area contributed by atoms with E-state index in [1.165, 1.54) is 11.3 Å². The van der Waals surface area contributed by atoms with E-state index in [2.05, 4.69) is 10.3 Å². The van der Waals surface area contributed by atoms with Gasteiger partial charge < -0.3 is 25.2 Å². The first-order chi connectivity index (χ1) is 17.5. The number of nitrogens with zero attached hydrogens (tertiary/aromatic N) is 2. The van der Waals surface area contributed by atoms with Crippen molar-refractivity contribution in [2.24, 2.45) is 0 Å². The van der Waals surface area contributed by atoms with Crippen molar-refractivity contribution < 1.29 is 24.5 Å². The van der Waals surface area contributed by atoms with Crippen molar-refractivity contribution in [2.45, 2.75) is 51.0 Å². The summed E-state index contributed by atoms with van der Waals surface area (Å²) in [6.07, 6.45) is -1.55. The Labute approximate surface area is 214 Å². The summed E-state index contributed by atoms with van der Waals surface area (Å²) in [5.41, 5.74) is 2.83. The van der Waals surface area contributed by atoms with Crippen LogP contribution in [0.2, 0.25) is 0 Å². The van der Waals surface area contributed by atoms with E-state index in [-0.39, 0.29) is 12.6 Å². The SMILES string of the molecule is CCOc1ccccc1Cc1csc(CNC(=O)[C@H](O)[C@@H](O)C(=O)N2CCCC2c2ccccc2)n1. The highest BCUT2D eigenvalue weighted by atomic mass is 32.1. The Morgan fingerprint density at radius 3 is 2.67 bits per heavy atom. The van der Waals surface area contributed by atoms with Gasteiger partial charge in [-0.15, -0.1) is 11.3 Å². The number of ether oxygens (including phenoxy) is 1. The number of amides is 2. The van der Waals surface area contributed by atoms with Gasteiger partial charge in [-0.2, -0.15) is 0 Å². The van der Waals surface area contributed by atoms with Gasteiger partial charge >= 0.3 is 0 Å². The summed E-state index contributed by atoms with van der Waals surface area (Å²) in [6.45, 7) is 3.07. The molecule has 1 aromatic heterocycles. The molecule has 2 heterocycles. The smallest absolute Gasteiger partial charge is 0.255 e. The first-order valence-corrected chi connectivity index (χ1v) is 13.0. The third kappa shape index (κ3) is 6.10. The summed E-state index contributed by atoms with van der Waals surface area (Å²) in [7, 11) is 0. The maximum atomic E-state index is 12.9. The molecule has 3 N–H and O–H groups in total. The zero-order valence-corrected chi connectivity index (χ0v) is 21.0. The molecule has 0 bridgehead atoms. The van der Waals surface area contributed by atoms with E-state index in [9.17, 15) is 19.8 Å². The molecule has 0 aliphatic carbocycles. The van der Waals surface area contributed by atoms with Crippen molar-refractivity contribution in [3.63, 3.8) is 0 Å². The maximum Gasteiger partial charge on any atom is 0.255 e. The van der Waals surface area contributed by atoms with Gasteiger partial charge in [-0.25, -0.2) is 4.98 Å². The molecule has 3 aromatic rings. The number of likely N-dealkylation sites (tertiary alicyclic amines) is 1. The van der Waals surface area contributed by atoms with Crippen LogP contribution in [0, 0.1) is 0 Å². The number of para-hydroxylation sites is 1. The Kier molecular flexibility index (Phi) is 8.69. The third-order valence-corrected chi connectivity index (χ3v) is 7.10. The predicted octanol–water partition coefficient (Wildman–Crippen LogP) is 2.83. The minimum atomic E-state index is -1.87. The van der Waals surface area contributed by atoms with Gasteiger partial charge in [-0.1, -0.05) is 48.5 Å². The molecule has 1 aliphatic rings. The van der Waals surface area contributed by atoms with Gasteiger partial charge in [0.05, 0.1) is 24.9 Å². The van der Waals surface area contributed by atoms with Crippen LogP contribution in [0.3, 0.4) is 0 Å². The van der Waals surface area contributed by atoms with E-state index in [1.54, 1.807) is 4.90 Å². The van der Waals surface area contributed by atoms with Crippen LogP contribution in [0.4, 0.5) is 0 Å². The molecule has 1 aliphatic heterocycles. The number of thiazole rings is 1. The number of carbonyl (C=O) groups excluding carboxylic acids is 2. The lowest BCUT2D eigenvalue weighted by Gasteiger charge is -2.28. The zero-order valence-electron chi connectivity index (χ0n) is 20.2. The van der Waals surface area contributed by atoms with E-state index >= 15 is 0 Å². The van der Waals surface area contributed by atoms with Crippen LogP contribution < -0.4 is 10.1 Å². The molecule has 1 saturated heterocycles. The van der Waals surface area contributed by atoms with Gasteiger partial charge in [0.15, 0.2) is 12.2 Å². The molecule has 1 unspecified atom stereocenters. The number of rotatable bonds is 10. The Balaban J connectivity index is 1.31. The Morgan fingerprint density at radius 1 is 1.14 bits per heavy atom. The van der Waals surface area contributed by atoms with Crippen molar-refractivity contribution in [1.29, 1.82) is 0 Å². The van der Waals surface area contributed by atoms with Crippen molar-refractivity contribution in [3.05, 3.63) is 81.8 Å². The molecule has 0 radical (unpaired) electrons. The fourth-order valence-electron chi connectivity index (χ4n) is 4.42. The van der Waals surface area contributed by atoms with Crippen molar-refractivity contribution in [1.82, 2.24) is 15.2 Å². The standard InChI is InChI=1S/C27H31N3O5S/c1-2-35-22-13-7-6-11-19(22)15-20-17-36-23(29-20)16-28-26(33)24(31)25(32)27(34)30-14-8-12-21(30)18-9-4-3-5-10-18/h3-7,9-11,13,17,21,24-25,31-32H,2,8,12,14-16H2,1H3,(H,28,33)/t21?,24-,25-/m1/s1. The van der Waals surface area contributed by atoms with E-state index in [0.29, 0.717) is 24.6 Å². The molecule has 4 rings (SSSR count). The maximum absolute atomic E-state index is 12.9. The average Bonchev–Trinajstić information content (AvgIpc) is 3.57. The Hall–Kier alpha value is -3.27. The normalized spacial score (nSPS) is 17.0. The lowest BCUT2D eigenvalue weighted by atomic mass is 10.0. The molecule has 36 heavy (non-hydrogen) atoms. The molecular weight excluding hydrogens is 478 g/mol. The number of aliphatic hydroxyl groups is 2. The largest absolute Gasteiger partial charge is 0.494 e. The van der Waals surface area contributed by atoms with E-state index < -0.39 is 24.0 Å². The minimum absolute atomic E-state index is 0.0882. The molecule has 2 amide bonds. The topological polar surface area (TPSA) is 112 Å². The minimum Gasteiger partial charge on any atom is -0.494 e. The van der Waals surface area contributed by atoms with E-state index in [1.807, 2.05) is 66.9 Å². The number of hydrogen-bond donors (Lipinski definition) is 3. The monoisotopic (exact) mass is 509 g/mol. The van der Waals surface area contributed by atoms with Crippen LogP contribution in [0.5, 0.6) is 5.75 Å². The van der Waals surface area contributed by atoms with Crippen molar-refractivity contribution >= 4 is 23.2 Å². The van der Waals surface area contributed by atoms with Crippen LogP contribution in [0.1, 0.15) is 47.6 Å². The highest BCUT2D eigenvalue weighted by Crippen LogP contribution is 2.32. The lowest BCUT2D eigenvalue weighted by Crippen LogP contribution is -2.50. The summed E-state index contributed by atoms with van der Waals surface area (Å²) >= 11 is 1.39. The van der Waals surface area contributed by atoms with Crippen molar-refractivity contribution in [3.8, 4) is 5.75 Å². The highest BCUT2D eigenvalue weighted by molar-refractivity contribution is 7.09. The molecule has 190 valence electrons. The Morgan fingerprint density at radius 2 is 1.89 bits per heavy atom. The van der Waals surface area contributed by atoms with Gasteiger partial charge in [0.2, 0.25) is 0 Å². The fourth-order valence-corrected chi connectivity index (χ4v) is 5.15. The molecule has 0 saturated carbocycles. The number of aliphatic hydroxyl groups excluding tert-OH is 2. The third-order valence-electron chi connectivity index (χ3n) is 6.20. The summed E-state index contributed by atoms with van der Waals surface area (Å²) in [4.78, 5) is 31.5. The Bertz CT molecular complexity index is 1170. The van der Waals surface area contributed by atoms with Gasteiger partial charge in [-0.3, -0.25) is 9.59 Å². The second-order valence-corrected chi connectivity index (χ2v) is 9.60. The van der Waals surface area contributed by atoms with Crippen molar-refractivity contribution in [2.75, 3.05) is 13.2 Å². The summed E-state index contributed by atoms with van der Waals surface area (Å²) in [5.74, 6) is -0.643. The van der Waals surface area contributed by atoms with Crippen LogP contribution in [-0.4, -0.2) is 57.3 Å². The first kappa shape index (κ1) is 25.8. The molecule has 2 aromatic carbocycles. The zero-order chi connectivity index (χ0) is 25.5. The van der Waals surface area contributed by atoms with Crippen LogP contribution in [0.15, 0.2) is 60.0 Å². The van der Waals surface area contributed by atoms with Crippen LogP contribution in [-0.2, 0) is 22.6 Å². The van der Waals surface area contributed by atoms with E-state index in [4.69, 9.17) is 4.74 Å². The number of aromatic nitrogens is 1. The number of carbonyl (C=O) groups is 2. The molecule has 3 atom stereocenters. The molecular formula is C27H31N3O5S. The average molecular weight is 510 g/mol. The van der Waals surface area contributed by atoms with Gasteiger partial charge in [0, 0.05) is 23.9 Å². The second kappa shape index (κ2) is 12.1.